The first-order valence-corrected chi connectivity index (χ1v) is 10.2. The molecule has 0 unspecified atom stereocenters. The molecule has 0 bridgehead atoms. The number of hydrogen-bond acceptors (Lipinski definition) is 2. The Bertz CT molecular complexity index is 453. The van der Waals surface area contributed by atoms with Gasteiger partial charge in [-0.25, -0.2) is 0 Å². The van der Waals surface area contributed by atoms with E-state index in [1.165, 1.54) is 0 Å². The van der Waals surface area contributed by atoms with Crippen LogP contribution in [0.25, 0.3) is 0 Å². The van der Waals surface area contributed by atoms with Gasteiger partial charge in [-0.3, -0.25) is 4.79 Å². The molecule has 2 heteroatoms. The van der Waals surface area contributed by atoms with E-state index in [1.807, 2.05) is 0 Å². The molecular weight excluding hydrogens is 320 g/mol. The number of hydrogen-bond donors (Lipinski definition) is 0. The van der Waals surface area contributed by atoms with E-state index in [2.05, 4.69) is 74.6 Å². The summed E-state index contributed by atoms with van der Waals surface area (Å²) in [6.45, 7) is 4.81. The highest BCUT2D eigenvalue weighted by atomic mass is 16.5. The number of allylic oxidation sites excluding steroid dienone is 10. The van der Waals surface area contributed by atoms with Crippen LogP contribution in [-0.4, -0.2) is 12.6 Å². The van der Waals surface area contributed by atoms with Gasteiger partial charge in [0.1, 0.15) is 0 Å². The summed E-state index contributed by atoms with van der Waals surface area (Å²) in [6, 6.07) is 0. The molecule has 0 rings (SSSR count). The topological polar surface area (TPSA) is 26.3 Å². The lowest BCUT2D eigenvalue weighted by molar-refractivity contribution is -0.143. The zero-order valence-corrected chi connectivity index (χ0v) is 16.9. The molecule has 146 valence electrons. The average Bonchev–Trinajstić information content (AvgIpc) is 2.64. The van der Waals surface area contributed by atoms with E-state index in [0.717, 1.165) is 57.8 Å². The van der Waals surface area contributed by atoms with E-state index < -0.39 is 0 Å². The van der Waals surface area contributed by atoms with Crippen LogP contribution in [-0.2, 0) is 9.53 Å². The van der Waals surface area contributed by atoms with Crippen LogP contribution >= 0.6 is 0 Å². The molecule has 0 aliphatic rings. The van der Waals surface area contributed by atoms with Gasteiger partial charge in [-0.1, -0.05) is 81.0 Å². The molecule has 0 atom stereocenters. The lowest BCUT2D eigenvalue weighted by Gasteiger charge is -2.02. The summed E-state index contributed by atoms with van der Waals surface area (Å²) < 4.78 is 5.12. The van der Waals surface area contributed by atoms with Crippen LogP contribution in [0.5, 0.6) is 0 Å². The fourth-order valence-corrected chi connectivity index (χ4v) is 2.14. The normalized spacial score (nSPS) is 12.5. The first-order chi connectivity index (χ1) is 12.8. The maximum Gasteiger partial charge on any atom is 0.305 e. The number of unbranched alkanes of at least 4 members (excludes halogenated alkanes) is 2. The maximum absolute atomic E-state index is 11.4. The second kappa shape index (κ2) is 21.2. The number of esters is 1. The Morgan fingerprint density at radius 2 is 1.19 bits per heavy atom. The third kappa shape index (κ3) is 20.2. The molecule has 0 N–H and O–H groups in total. The molecule has 2 nitrogen and oxygen atoms in total. The van der Waals surface area contributed by atoms with Crippen molar-refractivity contribution in [2.75, 3.05) is 6.61 Å². The molecule has 0 fully saturated rings. The molecule has 0 amide bonds. The molecular formula is C24H38O2. The van der Waals surface area contributed by atoms with Gasteiger partial charge in [0.2, 0.25) is 0 Å². The van der Waals surface area contributed by atoms with Gasteiger partial charge in [0.15, 0.2) is 0 Å². The van der Waals surface area contributed by atoms with Gasteiger partial charge in [-0.2, -0.15) is 0 Å². The monoisotopic (exact) mass is 358 g/mol. The van der Waals surface area contributed by atoms with Crippen molar-refractivity contribution in [3.63, 3.8) is 0 Å². The minimum absolute atomic E-state index is 0.0641. The summed E-state index contributed by atoms with van der Waals surface area (Å²) in [5.41, 5.74) is 0. The summed E-state index contributed by atoms with van der Waals surface area (Å²) in [6.07, 6.45) is 31.4. The van der Waals surface area contributed by atoms with Crippen molar-refractivity contribution in [3.8, 4) is 0 Å². The third-order valence-corrected chi connectivity index (χ3v) is 3.67. The fourth-order valence-electron chi connectivity index (χ4n) is 2.14. The van der Waals surface area contributed by atoms with Gasteiger partial charge < -0.3 is 4.74 Å². The summed E-state index contributed by atoms with van der Waals surface area (Å²) in [4.78, 5) is 11.4. The van der Waals surface area contributed by atoms with Crippen molar-refractivity contribution in [1.29, 1.82) is 0 Å². The molecule has 0 aromatic carbocycles. The zero-order chi connectivity index (χ0) is 19.1. The predicted molar refractivity (Wildman–Crippen MR) is 114 cm³/mol. The van der Waals surface area contributed by atoms with Crippen LogP contribution in [0.1, 0.15) is 78.1 Å². The Morgan fingerprint density at radius 1 is 0.692 bits per heavy atom. The van der Waals surface area contributed by atoms with Gasteiger partial charge in [0.25, 0.3) is 0 Å². The molecule has 26 heavy (non-hydrogen) atoms. The molecule has 0 heterocycles. The van der Waals surface area contributed by atoms with E-state index in [0.29, 0.717) is 13.0 Å². The lowest BCUT2D eigenvalue weighted by Crippen LogP contribution is -2.04. The number of carbonyl (C=O) groups is 1. The first-order valence-electron chi connectivity index (χ1n) is 10.2. The zero-order valence-electron chi connectivity index (χ0n) is 16.9. The Balaban J connectivity index is 3.48. The summed E-state index contributed by atoms with van der Waals surface area (Å²) in [7, 11) is 0. The molecule has 0 aromatic heterocycles. The highest BCUT2D eigenvalue weighted by molar-refractivity contribution is 5.69. The third-order valence-electron chi connectivity index (χ3n) is 3.67. The number of rotatable bonds is 16. The van der Waals surface area contributed by atoms with Gasteiger partial charge in [-0.05, 0) is 51.4 Å². The van der Waals surface area contributed by atoms with E-state index >= 15 is 0 Å². The SMILES string of the molecule is CC/C=C\C/C=C\C/C=C\C/C=C\C/C=C\CCCC(=O)OCCCC. The van der Waals surface area contributed by atoms with E-state index in [1.54, 1.807) is 0 Å². The van der Waals surface area contributed by atoms with Gasteiger partial charge in [-0.15, -0.1) is 0 Å². The quantitative estimate of drug-likeness (QED) is 0.165. The molecule has 0 aromatic rings. The largest absolute Gasteiger partial charge is 0.466 e. The Kier molecular flexibility index (Phi) is 19.7. The number of carbonyl (C=O) groups excluding carboxylic acids is 1. The smallest absolute Gasteiger partial charge is 0.305 e. The van der Waals surface area contributed by atoms with Crippen molar-refractivity contribution in [3.05, 3.63) is 60.8 Å². The van der Waals surface area contributed by atoms with Crippen LogP contribution in [0.15, 0.2) is 60.8 Å². The molecule has 0 radical (unpaired) electrons. The Labute approximate surface area is 161 Å². The van der Waals surface area contributed by atoms with Crippen molar-refractivity contribution < 1.29 is 9.53 Å². The molecule has 0 saturated heterocycles. The molecule has 0 aliphatic carbocycles. The Morgan fingerprint density at radius 3 is 1.69 bits per heavy atom. The second-order valence-electron chi connectivity index (χ2n) is 6.17. The van der Waals surface area contributed by atoms with Crippen LogP contribution in [0.2, 0.25) is 0 Å². The molecule has 0 spiro atoms. The molecule has 0 saturated carbocycles. The van der Waals surface area contributed by atoms with Gasteiger partial charge >= 0.3 is 5.97 Å². The van der Waals surface area contributed by atoms with Gasteiger partial charge in [0.05, 0.1) is 6.61 Å². The summed E-state index contributed by atoms with van der Waals surface area (Å²) in [5.74, 6) is -0.0641. The van der Waals surface area contributed by atoms with Crippen LogP contribution in [0.4, 0.5) is 0 Å². The van der Waals surface area contributed by atoms with Crippen LogP contribution < -0.4 is 0 Å². The summed E-state index contributed by atoms with van der Waals surface area (Å²) >= 11 is 0. The maximum atomic E-state index is 11.4. The highest BCUT2D eigenvalue weighted by Gasteiger charge is 2.00. The van der Waals surface area contributed by atoms with Crippen molar-refractivity contribution in [1.82, 2.24) is 0 Å². The Hall–Kier alpha value is -1.83. The van der Waals surface area contributed by atoms with E-state index in [4.69, 9.17) is 4.74 Å². The van der Waals surface area contributed by atoms with Crippen molar-refractivity contribution in [2.45, 2.75) is 78.1 Å². The van der Waals surface area contributed by atoms with Crippen LogP contribution in [0.3, 0.4) is 0 Å². The molecule has 0 aliphatic heterocycles. The number of ether oxygens (including phenoxy) is 1. The summed E-state index contributed by atoms with van der Waals surface area (Å²) in [5, 5.41) is 0. The van der Waals surface area contributed by atoms with Crippen molar-refractivity contribution in [2.24, 2.45) is 0 Å². The average molecular weight is 359 g/mol. The standard InChI is InChI=1S/C24H38O2/c1-3-5-7-8-9-10-11-12-13-14-15-16-17-18-19-20-21-22-24(25)26-23-6-4-2/h5,7,9-10,12-13,15-16,18-19H,3-4,6,8,11,14,17,20-23H2,1-2H3/b7-5-,10-9-,13-12-,16-15-,19-18-. The first kappa shape index (κ1) is 24.2. The highest BCUT2D eigenvalue weighted by Crippen LogP contribution is 2.01. The minimum Gasteiger partial charge on any atom is -0.466 e. The fraction of sp³-hybridized carbons (Fsp3) is 0.542. The lowest BCUT2D eigenvalue weighted by atomic mass is 10.2. The van der Waals surface area contributed by atoms with E-state index in [-0.39, 0.29) is 5.97 Å². The van der Waals surface area contributed by atoms with Crippen molar-refractivity contribution >= 4 is 5.97 Å². The second-order valence-corrected chi connectivity index (χ2v) is 6.17. The predicted octanol–water partition coefficient (Wildman–Crippen LogP) is 7.25. The minimum atomic E-state index is -0.0641. The van der Waals surface area contributed by atoms with E-state index in [9.17, 15) is 4.79 Å². The van der Waals surface area contributed by atoms with Crippen LogP contribution in [0, 0.1) is 0 Å². The van der Waals surface area contributed by atoms with Gasteiger partial charge in [0, 0.05) is 6.42 Å².